The van der Waals surface area contributed by atoms with Crippen molar-refractivity contribution in [1.82, 2.24) is 15.3 Å². The van der Waals surface area contributed by atoms with Gasteiger partial charge in [-0.15, -0.1) is 0 Å². The molecule has 1 atom stereocenters. The van der Waals surface area contributed by atoms with Gasteiger partial charge in [0, 0.05) is 31.4 Å². The molecule has 0 amide bonds. The number of carbonyl (C=O) groups is 1. The Morgan fingerprint density at radius 2 is 2.03 bits per heavy atom. The molecular weight excluding hydrogens is 432 g/mol. The van der Waals surface area contributed by atoms with E-state index >= 15 is 0 Å². The number of hydrogen-bond acceptors (Lipinski definition) is 6. The van der Waals surface area contributed by atoms with Gasteiger partial charge in [-0.1, -0.05) is 12.1 Å². The average molecular weight is 456 g/mol. The molecule has 4 rings (SSSR count). The molecule has 2 aliphatic heterocycles. The third kappa shape index (κ3) is 5.92. The first-order valence-electron chi connectivity index (χ1n) is 10.1. The van der Waals surface area contributed by atoms with Gasteiger partial charge in [-0.05, 0) is 43.9 Å². The van der Waals surface area contributed by atoms with E-state index < -0.39 is 12.1 Å². The van der Waals surface area contributed by atoms with Crippen molar-refractivity contribution in [1.29, 1.82) is 0 Å². The van der Waals surface area contributed by atoms with Crippen LogP contribution in [0.2, 0.25) is 0 Å². The molecule has 11 heteroatoms. The molecule has 1 spiro atoms. The maximum Gasteiger partial charge on any atom is 0.490 e. The van der Waals surface area contributed by atoms with Crippen LogP contribution < -0.4 is 10.6 Å². The summed E-state index contributed by atoms with van der Waals surface area (Å²) in [5.41, 5.74) is 2.01. The molecule has 0 bridgehead atoms. The second kappa shape index (κ2) is 9.78. The predicted molar refractivity (Wildman–Crippen MR) is 109 cm³/mol. The molecule has 174 valence electrons. The molecule has 3 heterocycles. The van der Waals surface area contributed by atoms with Gasteiger partial charge in [0.2, 0.25) is 5.95 Å². The Labute approximate surface area is 182 Å². The lowest BCUT2D eigenvalue weighted by atomic mass is 9.86. The maximum atomic E-state index is 14.1. The quantitative estimate of drug-likeness (QED) is 0.606. The third-order valence-corrected chi connectivity index (χ3v) is 5.30. The summed E-state index contributed by atoms with van der Waals surface area (Å²) in [5, 5.41) is 13.7. The number of aromatic nitrogens is 2. The number of ether oxygens (including phenoxy) is 1. The van der Waals surface area contributed by atoms with Crippen molar-refractivity contribution in [2.45, 2.75) is 44.1 Å². The summed E-state index contributed by atoms with van der Waals surface area (Å²) < 4.78 is 52.1. The van der Waals surface area contributed by atoms with Gasteiger partial charge in [0.1, 0.15) is 5.82 Å². The van der Waals surface area contributed by atoms with Crippen molar-refractivity contribution in [2.24, 2.45) is 0 Å². The van der Waals surface area contributed by atoms with Crippen LogP contribution in [0.15, 0.2) is 30.5 Å². The van der Waals surface area contributed by atoms with E-state index in [1.165, 1.54) is 12.5 Å². The van der Waals surface area contributed by atoms with Crippen LogP contribution in [-0.4, -0.2) is 58.6 Å². The van der Waals surface area contributed by atoms with E-state index in [-0.39, 0.29) is 17.5 Å². The first kappa shape index (κ1) is 23.9. The van der Waals surface area contributed by atoms with Crippen molar-refractivity contribution in [2.75, 3.05) is 25.0 Å². The van der Waals surface area contributed by atoms with Gasteiger partial charge >= 0.3 is 12.1 Å². The van der Waals surface area contributed by atoms with E-state index in [0.29, 0.717) is 23.8 Å². The third-order valence-electron chi connectivity index (χ3n) is 5.30. The number of hydrogen-bond donors (Lipinski definition) is 3. The molecule has 2 saturated heterocycles. The van der Waals surface area contributed by atoms with Crippen LogP contribution in [0.5, 0.6) is 0 Å². The summed E-state index contributed by atoms with van der Waals surface area (Å²) in [6.45, 7) is 4.45. The maximum absolute atomic E-state index is 14.1. The minimum atomic E-state index is -5.08. The number of carboxylic acid groups (broad SMARTS) is 1. The number of benzene rings is 1. The van der Waals surface area contributed by atoms with E-state index in [2.05, 4.69) is 20.6 Å². The van der Waals surface area contributed by atoms with Crippen LogP contribution in [0.4, 0.5) is 23.5 Å². The van der Waals surface area contributed by atoms with Gasteiger partial charge < -0.3 is 20.5 Å². The van der Waals surface area contributed by atoms with Gasteiger partial charge in [0.15, 0.2) is 0 Å². The number of anilines is 1. The van der Waals surface area contributed by atoms with Gasteiger partial charge in [0.25, 0.3) is 0 Å². The number of nitrogens with one attached hydrogen (secondary N) is 2. The fraction of sp³-hybridized carbons (Fsp3) is 0.476. The molecule has 1 unspecified atom stereocenters. The van der Waals surface area contributed by atoms with Gasteiger partial charge in [-0.2, -0.15) is 13.2 Å². The van der Waals surface area contributed by atoms with Crippen LogP contribution in [0.25, 0.3) is 11.3 Å². The van der Waals surface area contributed by atoms with Crippen LogP contribution >= 0.6 is 0 Å². The van der Waals surface area contributed by atoms with Crippen LogP contribution in [0, 0.1) is 12.7 Å². The lowest BCUT2D eigenvalue weighted by Crippen LogP contribution is -2.64. The van der Waals surface area contributed by atoms with Crippen molar-refractivity contribution in [3.8, 4) is 11.3 Å². The van der Waals surface area contributed by atoms with Gasteiger partial charge in [-0.25, -0.2) is 19.2 Å². The summed E-state index contributed by atoms with van der Waals surface area (Å²) in [6, 6.07) is 6.69. The first-order chi connectivity index (χ1) is 15.1. The minimum absolute atomic E-state index is 0.0387. The topological polar surface area (TPSA) is 96.4 Å². The zero-order valence-corrected chi connectivity index (χ0v) is 17.4. The molecule has 3 N–H and O–H groups in total. The van der Waals surface area contributed by atoms with Crippen molar-refractivity contribution >= 4 is 11.9 Å². The fourth-order valence-corrected chi connectivity index (χ4v) is 3.59. The van der Waals surface area contributed by atoms with Crippen molar-refractivity contribution in [3.63, 3.8) is 0 Å². The number of carboxylic acids is 1. The Kier molecular flexibility index (Phi) is 7.29. The number of alkyl halides is 3. The smallest absolute Gasteiger partial charge is 0.475 e. The molecule has 0 saturated carbocycles. The highest BCUT2D eigenvalue weighted by atomic mass is 19.4. The van der Waals surface area contributed by atoms with E-state index in [0.717, 1.165) is 31.5 Å². The highest BCUT2D eigenvalue weighted by molar-refractivity contribution is 5.73. The number of aryl methyl sites for hydroxylation is 1. The molecule has 2 fully saturated rings. The Morgan fingerprint density at radius 1 is 1.34 bits per heavy atom. The second-order valence-corrected chi connectivity index (χ2v) is 7.81. The molecule has 2 aromatic rings. The molecule has 0 radical (unpaired) electrons. The Balaban J connectivity index is 0.000000360. The lowest BCUT2D eigenvalue weighted by molar-refractivity contribution is -0.192. The lowest BCUT2D eigenvalue weighted by Gasteiger charge is -2.48. The normalized spacial score (nSPS) is 19.5. The summed E-state index contributed by atoms with van der Waals surface area (Å²) in [6.07, 6.45) is 0.174. The Hall–Kier alpha value is -2.79. The van der Waals surface area contributed by atoms with E-state index in [1.54, 1.807) is 18.3 Å². The van der Waals surface area contributed by atoms with Crippen molar-refractivity contribution < 1.29 is 32.2 Å². The molecule has 0 aliphatic carbocycles. The standard InChI is InChI=1S/C19H23FN4O.C2HF3O2/c1-13-9-22-18(24-17(13)15-6-2-3-7-16(15)20)23-10-14-5-4-8-19(25-14)11-21-12-19;3-2(4,5)1(6)7/h2-3,6-7,9,14,21H,4-5,8,10-12H2,1H3,(H,22,23,24);(H,6,7). The molecule has 1 aromatic heterocycles. The first-order valence-corrected chi connectivity index (χ1v) is 10.1. The number of halogens is 4. The Morgan fingerprint density at radius 3 is 2.62 bits per heavy atom. The van der Waals surface area contributed by atoms with Crippen LogP contribution in [0.1, 0.15) is 24.8 Å². The zero-order valence-electron chi connectivity index (χ0n) is 17.4. The number of rotatable bonds is 4. The fourth-order valence-electron chi connectivity index (χ4n) is 3.59. The number of nitrogens with zero attached hydrogens (tertiary/aromatic N) is 2. The summed E-state index contributed by atoms with van der Waals surface area (Å²) >= 11 is 0. The minimum Gasteiger partial charge on any atom is -0.475 e. The summed E-state index contributed by atoms with van der Waals surface area (Å²) in [7, 11) is 0. The highest BCUT2D eigenvalue weighted by Gasteiger charge is 2.42. The summed E-state index contributed by atoms with van der Waals surface area (Å²) in [5.74, 6) is -2.52. The molecular formula is C21H24F4N4O3. The molecule has 32 heavy (non-hydrogen) atoms. The van der Waals surface area contributed by atoms with Gasteiger partial charge in [-0.3, -0.25) is 0 Å². The van der Waals surface area contributed by atoms with E-state index in [9.17, 15) is 17.6 Å². The number of aliphatic carboxylic acids is 1. The molecule has 2 aliphatic rings. The molecule has 7 nitrogen and oxygen atoms in total. The van der Waals surface area contributed by atoms with Gasteiger partial charge in [0.05, 0.1) is 17.4 Å². The van der Waals surface area contributed by atoms with E-state index in [4.69, 9.17) is 14.6 Å². The average Bonchev–Trinajstić information content (AvgIpc) is 2.72. The van der Waals surface area contributed by atoms with Crippen LogP contribution in [0.3, 0.4) is 0 Å². The summed E-state index contributed by atoms with van der Waals surface area (Å²) in [4.78, 5) is 17.8. The predicted octanol–water partition coefficient (Wildman–Crippen LogP) is 3.55. The van der Waals surface area contributed by atoms with Crippen LogP contribution in [-0.2, 0) is 9.53 Å². The van der Waals surface area contributed by atoms with E-state index in [1.807, 2.05) is 13.0 Å². The monoisotopic (exact) mass is 456 g/mol. The zero-order chi connectivity index (χ0) is 23.4. The molecule has 1 aromatic carbocycles. The Bertz CT molecular complexity index is 951. The SMILES string of the molecule is Cc1cnc(NCC2CCCC3(CNC3)O2)nc1-c1ccccc1F.O=C(O)C(F)(F)F. The second-order valence-electron chi connectivity index (χ2n) is 7.81. The largest absolute Gasteiger partial charge is 0.490 e. The highest BCUT2D eigenvalue weighted by Crippen LogP contribution is 2.32. The van der Waals surface area contributed by atoms with Crippen molar-refractivity contribution in [3.05, 3.63) is 41.8 Å².